The number of likely N-dealkylation sites (tertiary alicyclic amines) is 1. The van der Waals surface area contributed by atoms with Crippen LogP contribution in [0, 0.1) is 17.3 Å². The standard InChI is InChI=1S/C16H21NO2/c1-16(13-7-8-13)11-17(10-14(16)15(18)19)9-12-5-3-2-4-6-12/h2-6,13-14H,7-11H2,1H3,(H,18,19). The number of nitrogens with zero attached hydrogens (tertiary/aromatic N) is 1. The van der Waals surface area contributed by atoms with Crippen molar-refractivity contribution in [2.75, 3.05) is 13.1 Å². The minimum Gasteiger partial charge on any atom is -0.481 e. The summed E-state index contributed by atoms with van der Waals surface area (Å²) < 4.78 is 0. The van der Waals surface area contributed by atoms with Gasteiger partial charge in [-0.05, 0) is 29.7 Å². The van der Waals surface area contributed by atoms with Crippen LogP contribution in [-0.2, 0) is 11.3 Å². The van der Waals surface area contributed by atoms with Crippen molar-refractivity contribution >= 4 is 5.97 Å². The van der Waals surface area contributed by atoms with Crippen molar-refractivity contribution in [2.45, 2.75) is 26.3 Å². The molecule has 0 amide bonds. The Bertz CT molecular complexity index is 469. The summed E-state index contributed by atoms with van der Waals surface area (Å²) in [6.45, 7) is 4.65. The van der Waals surface area contributed by atoms with E-state index < -0.39 is 5.97 Å². The van der Waals surface area contributed by atoms with Crippen LogP contribution in [0.5, 0.6) is 0 Å². The molecule has 3 nitrogen and oxygen atoms in total. The van der Waals surface area contributed by atoms with E-state index in [1.165, 1.54) is 18.4 Å². The molecule has 3 heteroatoms. The molecule has 0 radical (unpaired) electrons. The van der Waals surface area contributed by atoms with Gasteiger partial charge in [-0.1, -0.05) is 37.3 Å². The Balaban J connectivity index is 1.74. The normalized spacial score (nSPS) is 31.5. The van der Waals surface area contributed by atoms with Gasteiger partial charge in [-0.2, -0.15) is 0 Å². The number of carboxylic acids is 1. The average molecular weight is 259 g/mol. The number of benzene rings is 1. The molecule has 1 N–H and O–H groups in total. The summed E-state index contributed by atoms with van der Waals surface area (Å²) in [4.78, 5) is 13.8. The van der Waals surface area contributed by atoms with Gasteiger partial charge in [-0.25, -0.2) is 0 Å². The second-order valence-electron chi connectivity index (χ2n) is 6.33. The van der Waals surface area contributed by atoms with Crippen molar-refractivity contribution < 1.29 is 9.90 Å². The highest BCUT2D eigenvalue weighted by Gasteiger charge is 2.54. The third-order valence-electron chi connectivity index (χ3n) is 4.86. The average Bonchev–Trinajstić information content (AvgIpc) is 3.17. The first kappa shape index (κ1) is 12.7. The molecule has 1 saturated carbocycles. The summed E-state index contributed by atoms with van der Waals surface area (Å²) in [5, 5.41) is 9.48. The fraction of sp³-hybridized carbons (Fsp3) is 0.562. The molecule has 2 fully saturated rings. The van der Waals surface area contributed by atoms with E-state index in [0.29, 0.717) is 12.5 Å². The molecule has 1 aliphatic carbocycles. The first-order valence-electron chi connectivity index (χ1n) is 7.08. The minimum atomic E-state index is -0.620. The van der Waals surface area contributed by atoms with E-state index in [2.05, 4.69) is 24.0 Å². The van der Waals surface area contributed by atoms with Gasteiger partial charge >= 0.3 is 5.97 Å². The highest BCUT2D eigenvalue weighted by atomic mass is 16.4. The van der Waals surface area contributed by atoms with Crippen LogP contribution in [0.25, 0.3) is 0 Å². The fourth-order valence-corrected chi connectivity index (χ4v) is 3.60. The van der Waals surface area contributed by atoms with Crippen molar-refractivity contribution in [3.8, 4) is 0 Å². The van der Waals surface area contributed by atoms with Gasteiger partial charge in [0.05, 0.1) is 5.92 Å². The topological polar surface area (TPSA) is 40.5 Å². The maximum absolute atomic E-state index is 11.5. The van der Waals surface area contributed by atoms with Crippen LogP contribution < -0.4 is 0 Å². The first-order chi connectivity index (χ1) is 9.09. The quantitative estimate of drug-likeness (QED) is 0.903. The van der Waals surface area contributed by atoms with Gasteiger partial charge in [0.15, 0.2) is 0 Å². The second kappa shape index (κ2) is 4.64. The smallest absolute Gasteiger partial charge is 0.308 e. The Labute approximate surface area is 114 Å². The lowest BCUT2D eigenvalue weighted by atomic mass is 9.75. The molecule has 2 aliphatic rings. The van der Waals surface area contributed by atoms with Gasteiger partial charge in [-0.3, -0.25) is 9.69 Å². The zero-order valence-electron chi connectivity index (χ0n) is 11.4. The third kappa shape index (κ3) is 2.39. The summed E-state index contributed by atoms with van der Waals surface area (Å²) in [7, 11) is 0. The van der Waals surface area contributed by atoms with Gasteiger partial charge < -0.3 is 5.11 Å². The van der Waals surface area contributed by atoms with Crippen molar-refractivity contribution in [1.82, 2.24) is 4.90 Å². The zero-order valence-corrected chi connectivity index (χ0v) is 11.4. The number of hydrogen-bond donors (Lipinski definition) is 1. The van der Waals surface area contributed by atoms with Crippen molar-refractivity contribution in [2.24, 2.45) is 17.3 Å². The first-order valence-corrected chi connectivity index (χ1v) is 7.08. The van der Waals surface area contributed by atoms with E-state index in [0.717, 1.165) is 13.1 Å². The molecular weight excluding hydrogens is 238 g/mol. The molecule has 102 valence electrons. The summed E-state index contributed by atoms with van der Waals surface area (Å²) >= 11 is 0. The van der Waals surface area contributed by atoms with Crippen LogP contribution in [-0.4, -0.2) is 29.1 Å². The van der Waals surface area contributed by atoms with Crippen LogP contribution in [0.4, 0.5) is 0 Å². The van der Waals surface area contributed by atoms with Crippen LogP contribution in [0.3, 0.4) is 0 Å². The molecule has 1 heterocycles. The predicted molar refractivity (Wildman–Crippen MR) is 73.7 cm³/mol. The van der Waals surface area contributed by atoms with Gasteiger partial charge in [-0.15, -0.1) is 0 Å². The minimum absolute atomic E-state index is 0.0272. The second-order valence-corrected chi connectivity index (χ2v) is 6.33. The molecule has 0 spiro atoms. The largest absolute Gasteiger partial charge is 0.481 e. The number of hydrogen-bond acceptors (Lipinski definition) is 2. The molecule has 0 aromatic heterocycles. The summed E-state index contributed by atoms with van der Waals surface area (Å²) in [6, 6.07) is 10.3. The molecule has 1 aromatic carbocycles. The summed E-state index contributed by atoms with van der Waals surface area (Å²) in [5.41, 5.74) is 1.24. The monoisotopic (exact) mass is 259 g/mol. The molecule has 2 atom stereocenters. The fourth-order valence-electron chi connectivity index (χ4n) is 3.60. The Morgan fingerprint density at radius 1 is 1.37 bits per heavy atom. The van der Waals surface area contributed by atoms with Crippen LogP contribution >= 0.6 is 0 Å². The number of carboxylic acid groups (broad SMARTS) is 1. The van der Waals surface area contributed by atoms with Crippen molar-refractivity contribution in [3.63, 3.8) is 0 Å². The van der Waals surface area contributed by atoms with Gasteiger partial charge in [0, 0.05) is 19.6 Å². The van der Waals surface area contributed by atoms with Gasteiger partial charge in [0.25, 0.3) is 0 Å². The van der Waals surface area contributed by atoms with E-state index in [4.69, 9.17) is 0 Å². The van der Waals surface area contributed by atoms with E-state index in [1.807, 2.05) is 18.2 Å². The number of carbonyl (C=O) groups is 1. The Morgan fingerprint density at radius 2 is 2.05 bits per heavy atom. The van der Waals surface area contributed by atoms with E-state index in [1.54, 1.807) is 0 Å². The van der Waals surface area contributed by atoms with Crippen molar-refractivity contribution in [3.05, 3.63) is 35.9 Å². The molecule has 1 aromatic rings. The third-order valence-corrected chi connectivity index (χ3v) is 4.86. The molecular formula is C16H21NO2. The van der Waals surface area contributed by atoms with Gasteiger partial charge in [0.1, 0.15) is 0 Å². The van der Waals surface area contributed by atoms with E-state index in [9.17, 15) is 9.90 Å². The Morgan fingerprint density at radius 3 is 2.63 bits per heavy atom. The molecule has 3 rings (SSSR count). The van der Waals surface area contributed by atoms with Crippen molar-refractivity contribution in [1.29, 1.82) is 0 Å². The zero-order chi connectivity index (χ0) is 13.5. The highest BCUT2D eigenvalue weighted by molar-refractivity contribution is 5.72. The Kier molecular flexibility index (Phi) is 3.09. The maximum Gasteiger partial charge on any atom is 0.308 e. The predicted octanol–water partition coefficient (Wildman–Crippen LogP) is 2.62. The summed E-state index contributed by atoms with van der Waals surface area (Å²) in [6.07, 6.45) is 2.42. The van der Waals surface area contributed by atoms with E-state index >= 15 is 0 Å². The maximum atomic E-state index is 11.5. The van der Waals surface area contributed by atoms with Gasteiger partial charge in [0.2, 0.25) is 0 Å². The lowest BCUT2D eigenvalue weighted by molar-refractivity contribution is -0.144. The van der Waals surface area contributed by atoms with Crippen LogP contribution in [0.15, 0.2) is 30.3 Å². The highest BCUT2D eigenvalue weighted by Crippen LogP contribution is 2.53. The summed E-state index contributed by atoms with van der Waals surface area (Å²) in [5.74, 6) is -0.206. The van der Waals surface area contributed by atoms with Crippen LogP contribution in [0.2, 0.25) is 0 Å². The van der Waals surface area contributed by atoms with Crippen LogP contribution in [0.1, 0.15) is 25.3 Å². The SMILES string of the molecule is CC1(C2CC2)CN(Cc2ccccc2)CC1C(=O)O. The molecule has 0 bridgehead atoms. The molecule has 2 unspecified atom stereocenters. The molecule has 19 heavy (non-hydrogen) atoms. The van der Waals surface area contributed by atoms with E-state index in [-0.39, 0.29) is 11.3 Å². The number of rotatable bonds is 4. The lowest BCUT2D eigenvalue weighted by Gasteiger charge is -2.28. The molecule has 1 saturated heterocycles. The Hall–Kier alpha value is -1.35. The number of aliphatic carboxylic acids is 1. The molecule has 1 aliphatic heterocycles. The lowest BCUT2D eigenvalue weighted by Crippen LogP contribution is -2.34.